The van der Waals surface area contributed by atoms with Crippen molar-refractivity contribution >= 4 is 26.8 Å². The molecule has 4 aromatic rings. The van der Waals surface area contributed by atoms with E-state index in [2.05, 4.69) is 27.0 Å². The number of ether oxygens (including phenoxy) is 2. The number of sulfonamides is 1. The van der Waals surface area contributed by atoms with E-state index in [1.807, 2.05) is 6.92 Å². The molecule has 1 fully saturated rings. The molecule has 41 heavy (non-hydrogen) atoms. The van der Waals surface area contributed by atoms with Crippen LogP contribution >= 0.6 is 0 Å². The first-order valence-corrected chi connectivity index (χ1v) is 15.3. The molecule has 3 aromatic heterocycles. The number of piperazine rings is 1. The zero-order chi connectivity index (χ0) is 29.0. The molecule has 0 spiro atoms. The van der Waals surface area contributed by atoms with Gasteiger partial charge in [-0.05, 0) is 31.5 Å². The van der Waals surface area contributed by atoms with E-state index in [1.165, 1.54) is 19.6 Å². The van der Waals surface area contributed by atoms with Crippen molar-refractivity contribution in [3.8, 4) is 17.1 Å². The van der Waals surface area contributed by atoms with Gasteiger partial charge in [0.25, 0.3) is 0 Å². The van der Waals surface area contributed by atoms with E-state index in [4.69, 9.17) is 19.6 Å². The summed E-state index contributed by atoms with van der Waals surface area (Å²) in [4.78, 5) is 23.2. The monoisotopic (exact) mass is 588 g/mol. The molecule has 0 aliphatic carbocycles. The number of nitrogens with zero attached hydrogens (tertiary/aromatic N) is 7. The maximum absolute atomic E-state index is 13.7. The Morgan fingerprint density at radius 3 is 2.61 bits per heavy atom. The Balaban J connectivity index is 1.48. The van der Waals surface area contributed by atoms with Crippen LogP contribution in [-0.4, -0.2) is 111 Å². The van der Waals surface area contributed by atoms with E-state index < -0.39 is 10.0 Å². The predicted octanol–water partition coefficient (Wildman–Crippen LogP) is 0.948. The lowest BCUT2D eigenvalue weighted by atomic mass is 10.2. The summed E-state index contributed by atoms with van der Waals surface area (Å²) in [5.74, 6) is 0.862. The molecule has 1 saturated heterocycles. The maximum Gasteiger partial charge on any atom is 0.336 e. The number of unbranched alkanes of at least 4 members (excludes halogenated alkanes) is 1. The summed E-state index contributed by atoms with van der Waals surface area (Å²) in [5.41, 5.74) is 1.43. The molecule has 1 aromatic carbocycles. The average molecular weight is 589 g/mol. The molecule has 14 nitrogen and oxygen atoms in total. The van der Waals surface area contributed by atoms with Gasteiger partial charge in [0.05, 0.1) is 36.9 Å². The number of aryl methyl sites for hydroxylation is 1. The van der Waals surface area contributed by atoms with Crippen molar-refractivity contribution < 1.29 is 23.0 Å². The fourth-order valence-corrected chi connectivity index (χ4v) is 6.35. The molecular weight excluding hydrogens is 552 g/mol. The number of benzene rings is 1. The molecule has 1 aliphatic rings. The van der Waals surface area contributed by atoms with E-state index in [0.717, 1.165) is 12.8 Å². The second-order valence-corrected chi connectivity index (χ2v) is 11.7. The topological polar surface area (TPSA) is 160 Å². The molecule has 0 amide bonds. The fraction of sp³-hybridized carbons (Fsp3) is 0.538. The van der Waals surface area contributed by atoms with Gasteiger partial charge in [0.2, 0.25) is 10.0 Å². The van der Waals surface area contributed by atoms with Crippen LogP contribution in [0.2, 0.25) is 0 Å². The van der Waals surface area contributed by atoms with Crippen LogP contribution in [0, 0.1) is 0 Å². The number of hydrogen-bond acceptors (Lipinski definition) is 10. The van der Waals surface area contributed by atoms with Crippen LogP contribution in [-0.2, 0) is 21.3 Å². The lowest BCUT2D eigenvalue weighted by Gasteiger charge is -2.33. The Labute approximate surface area is 237 Å². The minimum Gasteiger partial charge on any atom is -0.493 e. The van der Waals surface area contributed by atoms with Gasteiger partial charge in [-0.3, -0.25) is 9.47 Å². The van der Waals surface area contributed by atoms with Gasteiger partial charge in [-0.2, -0.15) is 4.31 Å². The normalized spacial score (nSPS) is 15.3. The Bertz CT molecular complexity index is 1660. The number of nitrogens with one attached hydrogen (secondary N) is 1. The van der Waals surface area contributed by atoms with E-state index >= 15 is 0 Å². The highest BCUT2D eigenvalue weighted by Gasteiger charge is 2.30. The molecule has 0 atom stereocenters. The van der Waals surface area contributed by atoms with Crippen LogP contribution in [0.4, 0.5) is 0 Å². The summed E-state index contributed by atoms with van der Waals surface area (Å²) in [6.07, 6.45) is 3.14. The Morgan fingerprint density at radius 1 is 1.07 bits per heavy atom. The third kappa shape index (κ3) is 5.85. The molecule has 2 N–H and O–H groups in total. The van der Waals surface area contributed by atoms with Gasteiger partial charge in [-0.25, -0.2) is 22.6 Å². The van der Waals surface area contributed by atoms with Gasteiger partial charge in [0.1, 0.15) is 23.4 Å². The van der Waals surface area contributed by atoms with Crippen molar-refractivity contribution in [3.63, 3.8) is 0 Å². The first-order chi connectivity index (χ1) is 19.9. The second-order valence-electron chi connectivity index (χ2n) is 9.78. The Kier molecular flexibility index (Phi) is 8.99. The van der Waals surface area contributed by atoms with Gasteiger partial charge in [-0.15, -0.1) is 10.2 Å². The maximum atomic E-state index is 13.7. The number of aromatic nitrogens is 6. The molecule has 15 heteroatoms. The van der Waals surface area contributed by atoms with Gasteiger partial charge < -0.3 is 19.6 Å². The summed E-state index contributed by atoms with van der Waals surface area (Å²) < 4.78 is 43.2. The molecule has 0 unspecified atom stereocenters. The first kappa shape index (κ1) is 29.1. The van der Waals surface area contributed by atoms with Crippen molar-refractivity contribution in [2.75, 3.05) is 59.2 Å². The zero-order valence-corrected chi connectivity index (χ0v) is 24.1. The van der Waals surface area contributed by atoms with E-state index in [9.17, 15) is 13.2 Å². The van der Waals surface area contributed by atoms with E-state index in [1.54, 1.807) is 18.2 Å². The summed E-state index contributed by atoms with van der Waals surface area (Å²) in [6, 6.07) is 4.81. The van der Waals surface area contributed by atoms with Crippen LogP contribution in [0.5, 0.6) is 5.75 Å². The largest absolute Gasteiger partial charge is 0.493 e. The number of fused-ring (bicyclic) bond motifs is 3. The summed E-state index contributed by atoms with van der Waals surface area (Å²) in [7, 11) is -3.80. The summed E-state index contributed by atoms with van der Waals surface area (Å²) in [5, 5.41) is 16.8. The smallest absolute Gasteiger partial charge is 0.336 e. The van der Waals surface area contributed by atoms with Crippen molar-refractivity contribution in [1.29, 1.82) is 0 Å². The number of rotatable bonds is 13. The van der Waals surface area contributed by atoms with Crippen molar-refractivity contribution in [1.82, 2.24) is 38.3 Å². The van der Waals surface area contributed by atoms with Crippen LogP contribution in [0.15, 0.2) is 34.2 Å². The van der Waals surface area contributed by atoms with Crippen molar-refractivity contribution in [3.05, 3.63) is 35.0 Å². The zero-order valence-electron chi connectivity index (χ0n) is 23.3. The molecular formula is C26H36N8O6S. The molecule has 4 heterocycles. The van der Waals surface area contributed by atoms with Gasteiger partial charge in [0, 0.05) is 39.3 Å². The van der Waals surface area contributed by atoms with Crippen molar-refractivity contribution in [2.24, 2.45) is 0 Å². The molecule has 1 aliphatic heterocycles. The predicted molar refractivity (Wildman–Crippen MR) is 152 cm³/mol. The Morgan fingerprint density at radius 2 is 1.88 bits per heavy atom. The average Bonchev–Trinajstić information content (AvgIpc) is 3.64. The Hall–Kier alpha value is -3.37. The minimum absolute atomic E-state index is 0.0202. The minimum atomic E-state index is -3.80. The fourth-order valence-electron chi connectivity index (χ4n) is 4.90. The lowest BCUT2D eigenvalue weighted by molar-refractivity contribution is 0.0661. The molecule has 0 radical (unpaired) electrons. The number of aliphatic hydroxyl groups excluding tert-OH is 1. The van der Waals surface area contributed by atoms with E-state index in [0.29, 0.717) is 93.0 Å². The number of hydrogen-bond donors (Lipinski definition) is 2. The molecule has 0 bridgehead atoms. The van der Waals surface area contributed by atoms with Crippen LogP contribution in [0.3, 0.4) is 0 Å². The molecule has 5 rings (SSSR count). The third-order valence-electron chi connectivity index (χ3n) is 7.18. The van der Waals surface area contributed by atoms with Gasteiger partial charge in [0.15, 0.2) is 11.3 Å². The molecule has 0 saturated carbocycles. The van der Waals surface area contributed by atoms with Gasteiger partial charge in [-0.1, -0.05) is 13.3 Å². The SMILES string of the molecule is CCCCOc1ccc(S(=O)(=O)N2CCN(CCOCCO)CC2)cc1-c1nc2c([nH]1)c1nncn1c(=O)n2CC. The molecule has 222 valence electrons. The number of aliphatic hydroxyl groups is 1. The van der Waals surface area contributed by atoms with Crippen LogP contribution in [0.25, 0.3) is 28.2 Å². The van der Waals surface area contributed by atoms with E-state index in [-0.39, 0.29) is 17.2 Å². The standard InChI is InChI=1S/C26H36N8O6S/c1-3-5-14-40-21-7-6-19(41(37,38)32-10-8-31(9-11-32)12-15-39-16-13-35)17-20(21)23-28-22-24(29-23)33(4-2)26(36)34-18-27-30-25(22)34/h6-7,17-18,35H,3-5,8-16H2,1-2H3,(H,28,29). The summed E-state index contributed by atoms with van der Waals surface area (Å²) in [6.45, 7) is 8.06. The summed E-state index contributed by atoms with van der Waals surface area (Å²) >= 11 is 0. The highest BCUT2D eigenvalue weighted by atomic mass is 32.2. The third-order valence-corrected chi connectivity index (χ3v) is 9.08. The van der Waals surface area contributed by atoms with Crippen LogP contribution in [0.1, 0.15) is 26.7 Å². The number of aromatic amines is 1. The van der Waals surface area contributed by atoms with Crippen LogP contribution < -0.4 is 10.4 Å². The number of H-pyrrole nitrogens is 1. The van der Waals surface area contributed by atoms with Gasteiger partial charge >= 0.3 is 5.69 Å². The highest BCUT2D eigenvalue weighted by molar-refractivity contribution is 7.89. The highest BCUT2D eigenvalue weighted by Crippen LogP contribution is 2.33. The quantitative estimate of drug-likeness (QED) is 0.215. The second kappa shape index (κ2) is 12.7. The number of imidazole rings is 1. The lowest BCUT2D eigenvalue weighted by Crippen LogP contribution is -2.49. The van der Waals surface area contributed by atoms with Crippen molar-refractivity contribution in [2.45, 2.75) is 38.1 Å². The first-order valence-electron chi connectivity index (χ1n) is 13.9.